The van der Waals surface area contributed by atoms with Crippen LogP contribution >= 0.6 is 0 Å². The first-order chi connectivity index (χ1) is 9.46. The molecule has 1 aliphatic rings. The van der Waals surface area contributed by atoms with Crippen molar-refractivity contribution in [2.75, 3.05) is 13.2 Å². The monoisotopic (exact) mass is 277 g/mol. The zero-order chi connectivity index (χ0) is 14.6. The lowest BCUT2D eigenvalue weighted by molar-refractivity contribution is 0.0697. The van der Waals surface area contributed by atoms with Crippen LogP contribution < -0.4 is 10.1 Å². The fraction of sp³-hybridized carbons (Fsp3) is 0.562. The molecule has 2 rings (SSSR count). The average molecular weight is 277 g/mol. The third kappa shape index (κ3) is 4.23. The van der Waals surface area contributed by atoms with Gasteiger partial charge in [0.15, 0.2) is 0 Å². The molecule has 4 nitrogen and oxygen atoms in total. The van der Waals surface area contributed by atoms with E-state index in [2.05, 4.69) is 19.2 Å². The van der Waals surface area contributed by atoms with Crippen LogP contribution in [-0.4, -0.2) is 30.3 Å². The van der Waals surface area contributed by atoms with Crippen LogP contribution in [0.4, 0.5) is 0 Å². The van der Waals surface area contributed by atoms with Crippen LogP contribution in [0.5, 0.6) is 5.75 Å². The van der Waals surface area contributed by atoms with Gasteiger partial charge in [0, 0.05) is 12.6 Å². The molecular weight excluding hydrogens is 254 g/mol. The van der Waals surface area contributed by atoms with Crippen LogP contribution in [0.25, 0.3) is 0 Å². The molecule has 0 aromatic heterocycles. The Hall–Kier alpha value is -1.55. The number of carboxylic acid groups (broad SMARTS) is 1. The van der Waals surface area contributed by atoms with E-state index in [1.165, 1.54) is 19.3 Å². The third-order valence-corrected chi connectivity index (χ3v) is 3.87. The molecule has 0 heterocycles. The van der Waals surface area contributed by atoms with Gasteiger partial charge in [-0.05, 0) is 48.9 Å². The molecule has 0 spiro atoms. The predicted molar refractivity (Wildman–Crippen MR) is 78.3 cm³/mol. The van der Waals surface area contributed by atoms with Crippen LogP contribution in [0, 0.1) is 5.41 Å². The van der Waals surface area contributed by atoms with Crippen LogP contribution in [0.3, 0.4) is 0 Å². The van der Waals surface area contributed by atoms with Gasteiger partial charge in [0.2, 0.25) is 0 Å². The smallest absolute Gasteiger partial charge is 0.335 e. The van der Waals surface area contributed by atoms with E-state index in [1.807, 2.05) is 0 Å². The van der Waals surface area contributed by atoms with Crippen molar-refractivity contribution in [1.29, 1.82) is 0 Å². The third-order valence-electron chi connectivity index (χ3n) is 3.87. The zero-order valence-electron chi connectivity index (χ0n) is 12.2. The Labute approximate surface area is 120 Å². The van der Waals surface area contributed by atoms with Crippen molar-refractivity contribution in [3.05, 3.63) is 29.8 Å². The van der Waals surface area contributed by atoms with Crippen LogP contribution in [-0.2, 0) is 0 Å². The first kappa shape index (κ1) is 14.9. The van der Waals surface area contributed by atoms with Crippen LogP contribution in [0.1, 0.15) is 43.5 Å². The number of hydrogen-bond acceptors (Lipinski definition) is 3. The largest absolute Gasteiger partial charge is 0.492 e. The Morgan fingerprint density at radius 3 is 2.65 bits per heavy atom. The predicted octanol–water partition coefficient (Wildman–Crippen LogP) is 2.93. The van der Waals surface area contributed by atoms with Crippen molar-refractivity contribution in [2.24, 2.45) is 5.41 Å². The minimum absolute atomic E-state index is 0.281. The van der Waals surface area contributed by atoms with Gasteiger partial charge < -0.3 is 15.2 Å². The Kier molecular flexibility index (Phi) is 4.65. The number of carboxylic acids is 1. The highest BCUT2D eigenvalue weighted by Gasteiger charge is 2.30. The fourth-order valence-electron chi connectivity index (χ4n) is 2.74. The summed E-state index contributed by atoms with van der Waals surface area (Å²) in [5, 5.41) is 12.3. The van der Waals surface area contributed by atoms with E-state index in [0.29, 0.717) is 23.8 Å². The average Bonchev–Trinajstić information content (AvgIpc) is 2.75. The minimum atomic E-state index is -0.915. The molecule has 4 heteroatoms. The summed E-state index contributed by atoms with van der Waals surface area (Å²) >= 11 is 0. The summed E-state index contributed by atoms with van der Waals surface area (Å²) < 4.78 is 5.60. The number of carbonyl (C=O) groups is 1. The summed E-state index contributed by atoms with van der Waals surface area (Å²) in [6.07, 6.45) is 3.74. The Morgan fingerprint density at radius 1 is 1.40 bits per heavy atom. The maximum atomic E-state index is 10.7. The van der Waals surface area contributed by atoms with Gasteiger partial charge in [-0.2, -0.15) is 0 Å². The number of nitrogens with one attached hydrogen (secondary N) is 1. The molecule has 0 radical (unpaired) electrons. The van der Waals surface area contributed by atoms with Gasteiger partial charge in [-0.1, -0.05) is 13.8 Å². The molecule has 110 valence electrons. The molecule has 1 saturated carbocycles. The molecule has 1 unspecified atom stereocenters. The second kappa shape index (κ2) is 6.27. The highest BCUT2D eigenvalue weighted by molar-refractivity contribution is 5.87. The first-order valence-electron chi connectivity index (χ1n) is 7.16. The molecule has 20 heavy (non-hydrogen) atoms. The molecule has 0 bridgehead atoms. The molecule has 0 amide bonds. The second-order valence-corrected chi connectivity index (χ2v) is 6.24. The molecular formula is C16H23NO3. The number of aromatic carboxylic acids is 1. The van der Waals surface area contributed by atoms with Gasteiger partial charge in [0.05, 0.1) is 5.56 Å². The second-order valence-electron chi connectivity index (χ2n) is 6.24. The summed E-state index contributed by atoms with van der Waals surface area (Å²) in [6.45, 7) is 6.05. The number of benzene rings is 1. The van der Waals surface area contributed by atoms with Gasteiger partial charge in [-0.15, -0.1) is 0 Å². The van der Waals surface area contributed by atoms with E-state index in [0.717, 1.165) is 6.54 Å². The van der Waals surface area contributed by atoms with Crippen molar-refractivity contribution < 1.29 is 14.6 Å². The van der Waals surface area contributed by atoms with E-state index < -0.39 is 5.97 Å². The van der Waals surface area contributed by atoms with Crippen LogP contribution in [0.2, 0.25) is 0 Å². The molecule has 2 N–H and O–H groups in total. The summed E-state index contributed by atoms with van der Waals surface area (Å²) in [5.74, 6) is -0.203. The maximum Gasteiger partial charge on any atom is 0.335 e. The summed E-state index contributed by atoms with van der Waals surface area (Å²) in [7, 11) is 0. The van der Waals surface area contributed by atoms with Crippen molar-refractivity contribution in [1.82, 2.24) is 5.32 Å². The van der Waals surface area contributed by atoms with Gasteiger partial charge in [-0.25, -0.2) is 4.79 Å². The van der Waals surface area contributed by atoms with E-state index in [-0.39, 0.29) is 5.56 Å². The summed E-state index contributed by atoms with van der Waals surface area (Å²) in [4.78, 5) is 10.7. The van der Waals surface area contributed by atoms with Crippen molar-refractivity contribution in [2.45, 2.75) is 39.2 Å². The normalized spacial score (nSPS) is 20.8. The Morgan fingerprint density at radius 2 is 2.10 bits per heavy atom. The van der Waals surface area contributed by atoms with Gasteiger partial charge in [0.1, 0.15) is 12.4 Å². The molecule has 0 aliphatic heterocycles. The SMILES string of the molecule is CC1(C)CCC(NCCOc2ccc(C(=O)O)cc2)C1. The molecule has 1 aliphatic carbocycles. The van der Waals surface area contributed by atoms with E-state index in [9.17, 15) is 4.79 Å². The fourth-order valence-corrected chi connectivity index (χ4v) is 2.74. The highest BCUT2D eigenvalue weighted by atomic mass is 16.5. The lowest BCUT2D eigenvalue weighted by Crippen LogP contribution is -2.31. The van der Waals surface area contributed by atoms with Crippen molar-refractivity contribution >= 4 is 5.97 Å². The first-order valence-corrected chi connectivity index (χ1v) is 7.16. The van der Waals surface area contributed by atoms with Crippen molar-refractivity contribution in [3.63, 3.8) is 0 Å². The molecule has 1 atom stereocenters. The van der Waals surface area contributed by atoms with Gasteiger partial charge >= 0.3 is 5.97 Å². The van der Waals surface area contributed by atoms with Crippen molar-refractivity contribution in [3.8, 4) is 5.75 Å². The summed E-state index contributed by atoms with van der Waals surface area (Å²) in [6, 6.07) is 7.11. The highest BCUT2D eigenvalue weighted by Crippen LogP contribution is 2.36. The number of rotatable bonds is 6. The lowest BCUT2D eigenvalue weighted by atomic mass is 9.92. The quantitative estimate of drug-likeness (QED) is 0.785. The Bertz CT molecular complexity index is 453. The molecule has 0 saturated heterocycles. The van der Waals surface area contributed by atoms with E-state index in [4.69, 9.17) is 9.84 Å². The van der Waals surface area contributed by atoms with Gasteiger partial charge in [-0.3, -0.25) is 0 Å². The zero-order valence-corrected chi connectivity index (χ0v) is 12.2. The van der Waals surface area contributed by atoms with E-state index >= 15 is 0 Å². The van der Waals surface area contributed by atoms with Gasteiger partial charge in [0.25, 0.3) is 0 Å². The molecule has 1 fully saturated rings. The molecule has 1 aromatic carbocycles. The minimum Gasteiger partial charge on any atom is -0.492 e. The molecule has 1 aromatic rings. The number of hydrogen-bond donors (Lipinski definition) is 2. The van der Waals surface area contributed by atoms with Crippen LogP contribution in [0.15, 0.2) is 24.3 Å². The maximum absolute atomic E-state index is 10.7. The number of ether oxygens (including phenoxy) is 1. The topological polar surface area (TPSA) is 58.6 Å². The van der Waals surface area contributed by atoms with E-state index in [1.54, 1.807) is 24.3 Å². The Balaban J connectivity index is 1.67. The summed E-state index contributed by atoms with van der Waals surface area (Å²) in [5.41, 5.74) is 0.745. The standard InChI is InChI=1S/C16H23NO3/c1-16(2)8-7-13(11-16)17-9-10-20-14-5-3-12(4-6-14)15(18)19/h3-6,13,17H,7-11H2,1-2H3,(H,18,19). The lowest BCUT2D eigenvalue weighted by Gasteiger charge is -2.18.